The number of ketones is 1. The fourth-order valence-corrected chi connectivity index (χ4v) is 2.59. The lowest BCUT2D eigenvalue weighted by molar-refractivity contribution is -0.384. The third kappa shape index (κ3) is 1.91. The van der Waals surface area contributed by atoms with Crippen LogP contribution in [0, 0.1) is 10.1 Å². The molecule has 0 saturated heterocycles. The van der Waals surface area contributed by atoms with Crippen molar-refractivity contribution in [2.45, 2.75) is 12.3 Å². The molecule has 4 heteroatoms. The third-order valence-electron chi connectivity index (χ3n) is 3.51. The van der Waals surface area contributed by atoms with Gasteiger partial charge in [-0.2, -0.15) is 0 Å². The number of nitro benzene ring substituents is 1. The standard InChI is InChI=1S/C15H11NO3/c17-15-9-13(10-4-2-1-3-5-10)12-7-6-11(16(18)19)8-14(12)15/h1-8,13H,9H2. The predicted octanol–water partition coefficient (Wildman–Crippen LogP) is 3.31. The van der Waals surface area contributed by atoms with E-state index in [0.29, 0.717) is 12.0 Å². The highest BCUT2D eigenvalue weighted by atomic mass is 16.6. The van der Waals surface area contributed by atoms with E-state index in [-0.39, 0.29) is 17.4 Å². The van der Waals surface area contributed by atoms with Gasteiger partial charge in [0, 0.05) is 30.0 Å². The second kappa shape index (κ2) is 4.31. The van der Waals surface area contributed by atoms with Crippen LogP contribution in [-0.4, -0.2) is 10.7 Å². The molecule has 1 atom stereocenters. The summed E-state index contributed by atoms with van der Waals surface area (Å²) in [4.78, 5) is 22.3. The van der Waals surface area contributed by atoms with Gasteiger partial charge < -0.3 is 0 Å². The Morgan fingerprint density at radius 1 is 1.11 bits per heavy atom. The molecule has 0 N–H and O–H groups in total. The van der Waals surface area contributed by atoms with Crippen LogP contribution in [-0.2, 0) is 0 Å². The second-order valence-electron chi connectivity index (χ2n) is 4.62. The van der Waals surface area contributed by atoms with Crippen molar-refractivity contribution in [2.75, 3.05) is 0 Å². The fourth-order valence-electron chi connectivity index (χ4n) is 2.59. The molecule has 1 aliphatic rings. The number of Topliss-reactive ketones (excluding diaryl/α,β-unsaturated/α-hetero) is 1. The summed E-state index contributed by atoms with van der Waals surface area (Å²) in [5, 5.41) is 10.8. The number of benzene rings is 2. The van der Waals surface area contributed by atoms with Crippen molar-refractivity contribution in [2.24, 2.45) is 0 Å². The van der Waals surface area contributed by atoms with E-state index in [4.69, 9.17) is 0 Å². The normalized spacial score (nSPS) is 17.3. The number of nitrogens with zero attached hydrogens (tertiary/aromatic N) is 1. The van der Waals surface area contributed by atoms with Gasteiger partial charge in [-0.3, -0.25) is 14.9 Å². The first-order chi connectivity index (χ1) is 9.16. The number of hydrogen-bond donors (Lipinski definition) is 0. The van der Waals surface area contributed by atoms with Gasteiger partial charge in [0.2, 0.25) is 0 Å². The summed E-state index contributed by atoms with van der Waals surface area (Å²) in [6.07, 6.45) is 0.389. The van der Waals surface area contributed by atoms with Crippen molar-refractivity contribution in [3.8, 4) is 0 Å². The van der Waals surface area contributed by atoms with Crippen molar-refractivity contribution >= 4 is 11.5 Å². The first-order valence-corrected chi connectivity index (χ1v) is 6.03. The van der Waals surface area contributed by atoms with Crippen LogP contribution in [0.2, 0.25) is 0 Å². The Morgan fingerprint density at radius 2 is 1.84 bits per heavy atom. The van der Waals surface area contributed by atoms with Crippen molar-refractivity contribution < 1.29 is 9.72 Å². The summed E-state index contributed by atoms with van der Waals surface area (Å²) >= 11 is 0. The minimum atomic E-state index is -0.469. The molecule has 0 fully saturated rings. The molecule has 1 unspecified atom stereocenters. The summed E-state index contributed by atoms with van der Waals surface area (Å²) in [5.74, 6) is -0.00272. The highest BCUT2D eigenvalue weighted by molar-refractivity contribution is 6.02. The number of rotatable bonds is 2. The van der Waals surface area contributed by atoms with E-state index >= 15 is 0 Å². The smallest absolute Gasteiger partial charge is 0.270 e. The lowest BCUT2D eigenvalue weighted by Crippen LogP contribution is -1.96. The molecule has 0 amide bonds. The van der Waals surface area contributed by atoms with Gasteiger partial charge >= 0.3 is 0 Å². The zero-order valence-corrected chi connectivity index (χ0v) is 10.1. The van der Waals surface area contributed by atoms with Crippen LogP contribution in [0.3, 0.4) is 0 Å². The van der Waals surface area contributed by atoms with Crippen molar-refractivity contribution in [1.29, 1.82) is 0 Å². The van der Waals surface area contributed by atoms with Gasteiger partial charge in [-0.05, 0) is 11.1 Å². The van der Waals surface area contributed by atoms with Gasteiger partial charge in [-0.1, -0.05) is 36.4 Å². The highest BCUT2D eigenvalue weighted by Crippen LogP contribution is 2.39. The number of hydrogen-bond acceptors (Lipinski definition) is 3. The average Bonchev–Trinajstić information content (AvgIpc) is 2.77. The molecule has 0 aromatic heterocycles. The Labute approximate surface area is 109 Å². The highest BCUT2D eigenvalue weighted by Gasteiger charge is 2.31. The second-order valence-corrected chi connectivity index (χ2v) is 4.62. The zero-order valence-electron chi connectivity index (χ0n) is 10.1. The summed E-state index contributed by atoms with van der Waals surface area (Å²) in [6.45, 7) is 0. The maximum absolute atomic E-state index is 12.0. The van der Waals surface area contributed by atoms with E-state index < -0.39 is 4.92 Å². The van der Waals surface area contributed by atoms with Gasteiger partial charge in [-0.15, -0.1) is 0 Å². The van der Waals surface area contributed by atoms with Gasteiger partial charge in [-0.25, -0.2) is 0 Å². The van der Waals surface area contributed by atoms with E-state index in [1.165, 1.54) is 12.1 Å². The van der Waals surface area contributed by atoms with Crippen molar-refractivity contribution in [1.82, 2.24) is 0 Å². The largest absolute Gasteiger partial charge is 0.294 e. The summed E-state index contributed by atoms with van der Waals surface area (Å²) in [6, 6.07) is 14.3. The lowest BCUT2D eigenvalue weighted by Gasteiger charge is -2.10. The molecule has 2 aromatic carbocycles. The quantitative estimate of drug-likeness (QED) is 0.609. The molecule has 19 heavy (non-hydrogen) atoms. The van der Waals surface area contributed by atoms with Crippen LogP contribution in [0.15, 0.2) is 48.5 Å². The summed E-state index contributed by atoms with van der Waals surface area (Å²) in [5.41, 5.74) is 2.43. The molecule has 3 rings (SSSR count). The Bertz CT molecular complexity index is 664. The van der Waals surface area contributed by atoms with Gasteiger partial charge in [0.05, 0.1) is 4.92 Å². The van der Waals surface area contributed by atoms with E-state index in [2.05, 4.69) is 0 Å². The molecule has 0 radical (unpaired) electrons. The maximum Gasteiger partial charge on any atom is 0.270 e. The third-order valence-corrected chi connectivity index (χ3v) is 3.51. The minimum absolute atomic E-state index is 0.0181. The first kappa shape index (κ1) is 11.6. The van der Waals surface area contributed by atoms with Crippen LogP contribution >= 0.6 is 0 Å². The molecule has 0 bridgehead atoms. The Hall–Kier alpha value is -2.49. The average molecular weight is 253 g/mol. The molecule has 1 aliphatic carbocycles. The van der Waals surface area contributed by atoms with E-state index in [0.717, 1.165) is 11.1 Å². The topological polar surface area (TPSA) is 60.2 Å². The number of nitro groups is 1. The Kier molecular flexibility index (Phi) is 2.63. The molecule has 0 aliphatic heterocycles. The molecule has 94 valence electrons. The van der Waals surface area contributed by atoms with Crippen molar-refractivity contribution in [3.05, 3.63) is 75.3 Å². The SMILES string of the molecule is O=C1CC(c2ccccc2)c2ccc([N+](=O)[O-])cc21. The molecular weight excluding hydrogens is 242 g/mol. The monoisotopic (exact) mass is 253 g/mol. The predicted molar refractivity (Wildman–Crippen MR) is 70.3 cm³/mol. The first-order valence-electron chi connectivity index (χ1n) is 6.03. The van der Waals surface area contributed by atoms with Crippen LogP contribution in [0.4, 0.5) is 5.69 Å². The van der Waals surface area contributed by atoms with Crippen LogP contribution in [0.1, 0.15) is 33.8 Å². The minimum Gasteiger partial charge on any atom is -0.294 e. The van der Waals surface area contributed by atoms with E-state index in [1.54, 1.807) is 6.07 Å². The number of carbonyl (C=O) groups is 1. The van der Waals surface area contributed by atoms with Gasteiger partial charge in [0.15, 0.2) is 5.78 Å². The molecular formula is C15H11NO3. The van der Waals surface area contributed by atoms with Crippen LogP contribution in [0.25, 0.3) is 0 Å². The Balaban J connectivity index is 2.08. The summed E-state index contributed by atoms with van der Waals surface area (Å²) in [7, 11) is 0. The number of fused-ring (bicyclic) bond motifs is 1. The van der Waals surface area contributed by atoms with Crippen LogP contribution < -0.4 is 0 Å². The zero-order chi connectivity index (χ0) is 13.4. The number of carbonyl (C=O) groups excluding carboxylic acids is 1. The Morgan fingerprint density at radius 3 is 2.53 bits per heavy atom. The molecule has 0 spiro atoms. The molecule has 2 aromatic rings. The number of non-ortho nitro benzene ring substituents is 1. The molecule has 0 heterocycles. The van der Waals surface area contributed by atoms with Gasteiger partial charge in [0.25, 0.3) is 5.69 Å². The summed E-state index contributed by atoms with van der Waals surface area (Å²) < 4.78 is 0. The lowest BCUT2D eigenvalue weighted by atomic mass is 9.93. The maximum atomic E-state index is 12.0. The van der Waals surface area contributed by atoms with Crippen LogP contribution in [0.5, 0.6) is 0 Å². The van der Waals surface area contributed by atoms with E-state index in [1.807, 2.05) is 30.3 Å². The van der Waals surface area contributed by atoms with Gasteiger partial charge in [0.1, 0.15) is 0 Å². The van der Waals surface area contributed by atoms with E-state index in [9.17, 15) is 14.9 Å². The fraction of sp³-hybridized carbons (Fsp3) is 0.133. The van der Waals surface area contributed by atoms with Crippen molar-refractivity contribution in [3.63, 3.8) is 0 Å². The molecule has 0 saturated carbocycles. The molecule has 4 nitrogen and oxygen atoms in total.